The maximum atomic E-state index is 11.8. The molecule has 2 rings (SSSR count). The molecule has 0 bridgehead atoms. The summed E-state index contributed by atoms with van der Waals surface area (Å²) in [6.45, 7) is 6.25. The first-order valence-electron chi connectivity index (χ1n) is 5.81. The van der Waals surface area contributed by atoms with Crippen molar-refractivity contribution in [3.63, 3.8) is 0 Å². The van der Waals surface area contributed by atoms with Crippen molar-refractivity contribution >= 4 is 11.9 Å². The van der Waals surface area contributed by atoms with E-state index in [4.69, 9.17) is 9.47 Å². The Kier molecular flexibility index (Phi) is 3.05. The molecule has 1 atom stereocenters. The van der Waals surface area contributed by atoms with E-state index < -0.39 is 0 Å². The van der Waals surface area contributed by atoms with Crippen molar-refractivity contribution < 1.29 is 19.1 Å². The highest BCUT2D eigenvalue weighted by atomic mass is 16.5. The third-order valence-electron chi connectivity index (χ3n) is 3.44. The molecular formula is C13H16O4. The Labute approximate surface area is 100 Å². The number of carbonyl (C=O) groups excluding carboxylic acids is 2. The summed E-state index contributed by atoms with van der Waals surface area (Å²) in [4.78, 5) is 23.3. The van der Waals surface area contributed by atoms with Crippen LogP contribution in [0.4, 0.5) is 0 Å². The lowest BCUT2D eigenvalue weighted by molar-refractivity contribution is -0.139. The van der Waals surface area contributed by atoms with Gasteiger partial charge in [-0.3, -0.25) is 0 Å². The number of esters is 2. The normalized spacial score (nSPS) is 23.7. The second kappa shape index (κ2) is 4.35. The molecule has 0 amide bonds. The maximum absolute atomic E-state index is 11.8. The summed E-state index contributed by atoms with van der Waals surface area (Å²) in [6.07, 6.45) is 0.545. The lowest BCUT2D eigenvalue weighted by atomic mass is 9.81. The van der Waals surface area contributed by atoms with Crippen LogP contribution in [0.1, 0.15) is 27.2 Å². The van der Waals surface area contributed by atoms with Crippen LogP contribution in [0.2, 0.25) is 0 Å². The van der Waals surface area contributed by atoms with Crippen LogP contribution in [0.3, 0.4) is 0 Å². The van der Waals surface area contributed by atoms with Crippen LogP contribution >= 0.6 is 0 Å². The van der Waals surface area contributed by atoms with Crippen LogP contribution in [0.25, 0.3) is 0 Å². The average Bonchev–Trinajstić information content (AvgIpc) is 2.65. The fraction of sp³-hybridized carbons (Fsp3) is 0.538. The van der Waals surface area contributed by atoms with Gasteiger partial charge in [-0.2, -0.15) is 0 Å². The van der Waals surface area contributed by atoms with Crippen LogP contribution in [-0.2, 0) is 19.1 Å². The molecule has 0 aromatic carbocycles. The molecule has 1 heterocycles. The topological polar surface area (TPSA) is 52.6 Å². The molecule has 0 aromatic heterocycles. The molecule has 2 aliphatic rings. The summed E-state index contributed by atoms with van der Waals surface area (Å²) in [6, 6.07) is 0. The Morgan fingerprint density at radius 2 is 2.12 bits per heavy atom. The summed E-state index contributed by atoms with van der Waals surface area (Å²) >= 11 is 0. The van der Waals surface area contributed by atoms with Gasteiger partial charge in [0.1, 0.15) is 0 Å². The highest BCUT2D eigenvalue weighted by Gasteiger charge is 2.38. The van der Waals surface area contributed by atoms with E-state index in [1.54, 1.807) is 6.92 Å². The standard InChI is InChI=1S/C13H16O4/c1-4-16-12(14)10-5-9-6-17-13(15)11(9)8(3)7(10)2/h9H,4-6H2,1-3H3/t9-/m0/s1. The Morgan fingerprint density at radius 1 is 1.41 bits per heavy atom. The number of allylic oxidation sites excluding steroid dienone is 2. The van der Waals surface area contributed by atoms with E-state index >= 15 is 0 Å². The fourth-order valence-electron chi connectivity index (χ4n) is 2.41. The van der Waals surface area contributed by atoms with Crippen LogP contribution in [0.15, 0.2) is 22.3 Å². The van der Waals surface area contributed by atoms with E-state index in [9.17, 15) is 9.59 Å². The highest BCUT2D eigenvalue weighted by molar-refractivity contribution is 5.97. The summed E-state index contributed by atoms with van der Waals surface area (Å²) in [7, 11) is 0. The molecule has 0 aromatic rings. The monoisotopic (exact) mass is 236 g/mol. The van der Waals surface area contributed by atoms with Crippen molar-refractivity contribution in [2.24, 2.45) is 5.92 Å². The second-order valence-electron chi connectivity index (χ2n) is 4.36. The van der Waals surface area contributed by atoms with Crippen LogP contribution in [-0.4, -0.2) is 25.2 Å². The van der Waals surface area contributed by atoms with E-state index in [2.05, 4.69) is 0 Å². The van der Waals surface area contributed by atoms with Crippen LogP contribution < -0.4 is 0 Å². The van der Waals surface area contributed by atoms with E-state index in [0.29, 0.717) is 25.2 Å². The molecule has 4 heteroatoms. The highest BCUT2D eigenvalue weighted by Crippen LogP contribution is 2.38. The van der Waals surface area contributed by atoms with E-state index in [0.717, 1.165) is 16.7 Å². The molecule has 0 spiro atoms. The number of carbonyl (C=O) groups is 2. The maximum Gasteiger partial charge on any atom is 0.334 e. The van der Waals surface area contributed by atoms with E-state index in [1.165, 1.54) is 0 Å². The minimum atomic E-state index is -0.275. The van der Waals surface area contributed by atoms with Crippen LogP contribution in [0.5, 0.6) is 0 Å². The average molecular weight is 236 g/mol. The number of fused-ring (bicyclic) bond motifs is 1. The first-order valence-corrected chi connectivity index (χ1v) is 5.81. The molecule has 17 heavy (non-hydrogen) atoms. The van der Waals surface area contributed by atoms with E-state index in [-0.39, 0.29) is 17.9 Å². The smallest absolute Gasteiger partial charge is 0.334 e. The van der Waals surface area contributed by atoms with Gasteiger partial charge in [-0.25, -0.2) is 9.59 Å². The minimum Gasteiger partial charge on any atom is -0.463 e. The van der Waals surface area contributed by atoms with Crippen LogP contribution in [0, 0.1) is 5.92 Å². The molecule has 1 fully saturated rings. The number of rotatable bonds is 2. The molecule has 0 unspecified atom stereocenters. The van der Waals surface area contributed by atoms with Gasteiger partial charge in [0.2, 0.25) is 0 Å². The molecule has 1 aliphatic carbocycles. The predicted octanol–water partition coefficient (Wildman–Crippen LogP) is 1.76. The van der Waals surface area contributed by atoms with Gasteiger partial charge in [-0.05, 0) is 38.3 Å². The molecule has 0 radical (unpaired) electrons. The fourth-order valence-corrected chi connectivity index (χ4v) is 2.41. The van der Waals surface area contributed by atoms with Gasteiger partial charge in [0.15, 0.2) is 0 Å². The molecule has 4 nitrogen and oxygen atoms in total. The molecule has 92 valence electrons. The zero-order valence-electron chi connectivity index (χ0n) is 10.3. The Hall–Kier alpha value is -1.58. The van der Waals surface area contributed by atoms with Gasteiger partial charge in [-0.1, -0.05) is 0 Å². The number of hydrogen-bond donors (Lipinski definition) is 0. The first-order chi connectivity index (χ1) is 8.06. The lowest BCUT2D eigenvalue weighted by Gasteiger charge is -2.21. The van der Waals surface area contributed by atoms with Gasteiger partial charge < -0.3 is 9.47 Å². The molecule has 0 saturated carbocycles. The summed E-state index contributed by atoms with van der Waals surface area (Å²) < 4.78 is 10.1. The molecular weight excluding hydrogens is 220 g/mol. The van der Waals surface area contributed by atoms with Gasteiger partial charge >= 0.3 is 11.9 Å². The van der Waals surface area contributed by atoms with E-state index in [1.807, 2.05) is 13.8 Å². The van der Waals surface area contributed by atoms with Crippen molar-refractivity contribution in [1.29, 1.82) is 0 Å². The summed E-state index contributed by atoms with van der Waals surface area (Å²) in [5.41, 5.74) is 3.13. The van der Waals surface area contributed by atoms with Crippen molar-refractivity contribution in [3.8, 4) is 0 Å². The van der Waals surface area contributed by atoms with Crippen molar-refractivity contribution in [1.82, 2.24) is 0 Å². The minimum absolute atomic E-state index is 0.0191. The van der Waals surface area contributed by atoms with Crippen molar-refractivity contribution in [2.75, 3.05) is 13.2 Å². The van der Waals surface area contributed by atoms with Gasteiger partial charge in [0, 0.05) is 17.1 Å². The second-order valence-corrected chi connectivity index (χ2v) is 4.36. The van der Waals surface area contributed by atoms with Gasteiger partial charge in [0.25, 0.3) is 0 Å². The summed E-state index contributed by atoms with van der Waals surface area (Å²) in [5, 5.41) is 0. The quantitative estimate of drug-likeness (QED) is 0.685. The summed E-state index contributed by atoms with van der Waals surface area (Å²) in [5.74, 6) is -0.497. The number of hydrogen-bond acceptors (Lipinski definition) is 4. The first kappa shape index (κ1) is 11.9. The molecule has 0 N–H and O–H groups in total. The Bertz CT molecular complexity index is 442. The third-order valence-corrected chi connectivity index (χ3v) is 3.44. The number of cyclic esters (lactones) is 1. The lowest BCUT2D eigenvalue weighted by Crippen LogP contribution is -2.20. The van der Waals surface area contributed by atoms with Gasteiger partial charge in [0.05, 0.1) is 13.2 Å². The SMILES string of the molecule is CCOC(=O)C1=C(C)C(C)=C2C(=O)OC[C@@H]2C1. The zero-order valence-corrected chi connectivity index (χ0v) is 10.3. The molecule has 1 aliphatic heterocycles. The zero-order chi connectivity index (χ0) is 12.6. The third kappa shape index (κ3) is 1.88. The molecule has 1 saturated heterocycles. The van der Waals surface area contributed by atoms with Crippen molar-refractivity contribution in [2.45, 2.75) is 27.2 Å². The van der Waals surface area contributed by atoms with Gasteiger partial charge in [-0.15, -0.1) is 0 Å². The van der Waals surface area contributed by atoms with Crippen molar-refractivity contribution in [3.05, 3.63) is 22.3 Å². The predicted molar refractivity (Wildman–Crippen MR) is 61.1 cm³/mol. The Balaban J connectivity index is 2.38. The largest absolute Gasteiger partial charge is 0.463 e. The Morgan fingerprint density at radius 3 is 2.76 bits per heavy atom. The number of ether oxygens (including phenoxy) is 2.